The Kier molecular flexibility index (Phi) is 5.84. The molecule has 0 unspecified atom stereocenters. The second-order valence-electron chi connectivity index (χ2n) is 5.05. The van der Waals surface area contributed by atoms with Crippen LogP contribution in [0.1, 0.15) is 5.56 Å². The van der Waals surface area contributed by atoms with Crippen LogP contribution in [0.2, 0.25) is 20.1 Å². The van der Waals surface area contributed by atoms with E-state index in [2.05, 4.69) is 15.6 Å². The summed E-state index contributed by atoms with van der Waals surface area (Å²) < 4.78 is 1.20. The Bertz CT molecular complexity index is 1030. The third-order valence-corrected chi connectivity index (χ3v) is 4.89. The molecule has 1 aromatic heterocycles. The van der Waals surface area contributed by atoms with Gasteiger partial charge < -0.3 is 0 Å². The maximum atomic E-state index is 12.4. The van der Waals surface area contributed by atoms with Crippen molar-refractivity contribution in [1.29, 1.82) is 0 Å². The largest absolute Gasteiger partial charge is 0.292 e. The molecule has 0 bridgehead atoms. The number of benzene rings is 2. The summed E-state index contributed by atoms with van der Waals surface area (Å²) in [5.41, 5.74) is 3.47. The Morgan fingerprint density at radius 3 is 2.38 bits per heavy atom. The van der Waals surface area contributed by atoms with E-state index in [0.29, 0.717) is 21.3 Å². The van der Waals surface area contributed by atoms with Gasteiger partial charge in [0.15, 0.2) is 0 Å². The standard InChI is InChI=1S/C17H10Cl4N4O/c18-12-6-7-13(19)15(20)11(12)8-22-24-14-9-23-25(17(26)16(14)21)10-4-2-1-3-5-10/h1-9,24H/b22-8+. The lowest BCUT2D eigenvalue weighted by Gasteiger charge is -2.08. The van der Waals surface area contributed by atoms with Gasteiger partial charge in [-0.2, -0.15) is 14.9 Å². The summed E-state index contributed by atoms with van der Waals surface area (Å²) in [6.07, 6.45) is 2.78. The molecule has 9 heteroatoms. The van der Waals surface area contributed by atoms with Gasteiger partial charge in [-0.1, -0.05) is 64.6 Å². The van der Waals surface area contributed by atoms with Crippen LogP contribution in [0.25, 0.3) is 5.69 Å². The third kappa shape index (κ3) is 3.86. The summed E-state index contributed by atoms with van der Waals surface area (Å²) in [4.78, 5) is 12.4. The first-order valence-electron chi connectivity index (χ1n) is 7.25. The van der Waals surface area contributed by atoms with E-state index >= 15 is 0 Å². The summed E-state index contributed by atoms with van der Waals surface area (Å²) in [5, 5.41) is 9.05. The topological polar surface area (TPSA) is 59.3 Å². The summed E-state index contributed by atoms with van der Waals surface area (Å²) in [6.45, 7) is 0. The number of halogens is 4. The van der Waals surface area contributed by atoms with Crippen molar-refractivity contribution in [2.75, 3.05) is 5.43 Å². The molecule has 0 aliphatic carbocycles. The van der Waals surface area contributed by atoms with Crippen LogP contribution in [-0.2, 0) is 0 Å². The van der Waals surface area contributed by atoms with Crippen molar-refractivity contribution >= 4 is 58.3 Å². The number of hydrogen-bond acceptors (Lipinski definition) is 4. The van der Waals surface area contributed by atoms with Crippen LogP contribution in [0.5, 0.6) is 0 Å². The lowest BCUT2D eigenvalue weighted by Crippen LogP contribution is -2.22. The fraction of sp³-hybridized carbons (Fsp3) is 0. The minimum absolute atomic E-state index is 0.0516. The van der Waals surface area contributed by atoms with Crippen molar-refractivity contribution in [1.82, 2.24) is 9.78 Å². The van der Waals surface area contributed by atoms with Gasteiger partial charge in [-0.3, -0.25) is 10.2 Å². The van der Waals surface area contributed by atoms with Crippen LogP contribution in [0.4, 0.5) is 5.69 Å². The van der Waals surface area contributed by atoms with Crippen LogP contribution in [0.3, 0.4) is 0 Å². The highest BCUT2D eigenvalue weighted by Crippen LogP contribution is 2.30. The summed E-state index contributed by atoms with van der Waals surface area (Å²) in [6, 6.07) is 12.1. The van der Waals surface area contributed by atoms with E-state index in [9.17, 15) is 4.79 Å². The molecule has 0 fully saturated rings. The highest BCUT2D eigenvalue weighted by atomic mass is 35.5. The quantitative estimate of drug-likeness (QED) is 0.349. The van der Waals surface area contributed by atoms with Crippen molar-refractivity contribution in [3.05, 3.63) is 84.7 Å². The predicted molar refractivity (Wildman–Crippen MR) is 108 cm³/mol. The molecule has 0 atom stereocenters. The zero-order valence-electron chi connectivity index (χ0n) is 13.0. The zero-order chi connectivity index (χ0) is 18.7. The molecule has 1 N–H and O–H groups in total. The fourth-order valence-corrected chi connectivity index (χ4v) is 2.90. The molecule has 0 saturated heterocycles. The van der Waals surface area contributed by atoms with E-state index in [4.69, 9.17) is 46.4 Å². The Morgan fingerprint density at radius 2 is 1.65 bits per heavy atom. The summed E-state index contributed by atoms with van der Waals surface area (Å²) in [7, 11) is 0. The minimum Gasteiger partial charge on any atom is -0.275 e. The van der Waals surface area contributed by atoms with E-state index in [1.54, 1.807) is 36.4 Å². The minimum atomic E-state index is -0.475. The van der Waals surface area contributed by atoms with Crippen LogP contribution < -0.4 is 11.0 Å². The maximum absolute atomic E-state index is 12.4. The Balaban J connectivity index is 1.87. The van der Waals surface area contributed by atoms with Gasteiger partial charge in [0, 0.05) is 5.56 Å². The molecule has 0 radical (unpaired) electrons. The SMILES string of the molecule is O=c1c(Cl)c(N/N=C/c2c(Cl)ccc(Cl)c2Cl)cnn1-c1ccccc1. The second-order valence-corrected chi connectivity index (χ2v) is 6.62. The average molecular weight is 428 g/mol. The third-order valence-electron chi connectivity index (χ3n) is 3.38. The average Bonchev–Trinajstić information content (AvgIpc) is 2.65. The highest BCUT2D eigenvalue weighted by Gasteiger charge is 2.11. The molecular weight excluding hydrogens is 418 g/mol. The Hall–Kier alpha value is -2.05. The normalized spacial score (nSPS) is 11.1. The smallest absolute Gasteiger partial charge is 0.275 e. The molecule has 0 spiro atoms. The van der Waals surface area contributed by atoms with Gasteiger partial charge in [0.05, 0.1) is 33.2 Å². The number of nitrogens with zero attached hydrogens (tertiary/aromatic N) is 3. The monoisotopic (exact) mass is 426 g/mol. The molecule has 3 rings (SSSR count). The Labute approximate surface area is 168 Å². The fourth-order valence-electron chi connectivity index (χ4n) is 2.09. The number of hydrazone groups is 1. The number of nitrogens with one attached hydrogen (secondary N) is 1. The molecular formula is C17H10Cl4N4O. The van der Waals surface area contributed by atoms with Crippen molar-refractivity contribution in [2.45, 2.75) is 0 Å². The van der Waals surface area contributed by atoms with Gasteiger partial charge >= 0.3 is 0 Å². The molecule has 0 amide bonds. The van der Waals surface area contributed by atoms with Crippen molar-refractivity contribution in [2.24, 2.45) is 5.10 Å². The number of aromatic nitrogens is 2. The van der Waals surface area contributed by atoms with E-state index in [1.807, 2.05) is 6.07 Å². The Morgan fingerprint density at radius 1 is 0.962 bits per heavy atom. The van der Waals surface area contributed by atoms with Crippen molar-refractivity contribution < 1.29 is 0 Å². The molecule has 1 heterocycles. The molecule has 2 aromatic carbocycles. The van der Waals surface area contributed by atoms with Crippen molar-refractivity contribution in [3.8, 4) is 5.69 Å². The van der Waals surface area contributed by atoms with Gasteiger partial charge in [0.25, 0.3) is 5.56 Å². The van der Waals surface area contributed by atoms with E-state index < -0.39 is 5.56 Å². The highest BCUT2D eigenvalue weighted by molar-refractivity contribution is 6.45. The molecule has 0 saturated carbocycles. The molecule has 3 aromatic rings. The first-order chi connectivity index (χ1) is 12.5. The van der Waals surface area contributed by atoms with E-state index in [1.165, 1.54) is 17.1 Å². The molecule has 0 aliphatic rings. The van der Waals surface area contributed by atoms with E-state index in [-0.39, 0.29) is 15.7 Å². The van der Waals surface area contributed by atoms with Crippen molar-refractivity contribution in [3.63, 3.8) is 0 Å². The predicted octanol–water partition coefficient (Wildman–Crippen LogP) is 5.29. The molecule has 5 nitrogen and oxygen atoms in total. The van der Waals surface area contributed by atoms with Gasteiger partial charge in [0.2, 0.25) is 0 Å². The molecule has 26 heavy (non-hydrogen) atoms. The van der Waals surface area contributed by atoms with Crippen LogP contribution in [-0.4, -0.2) is 16.0 Å². The lowest BCUT2D eigenvalue weighted by atomic mass is 10.2. The van der Waals surface area contributed by atoms with Gasteiger partial charge in [-0.05, 0) is 24.3 Å². The van der Waals surface area contributed by atoms with Crippen LogP contribution in [0.15, 0.2) is 58.6 Å². The van der Waals surface area contributed by atoms with Gasteiger partial charge in [-0.25, -0.2) is 0 Å². The lowest BCUT2D eigenvalue weighted by molar-refractivity contribution is 0.808. The summed E-state index contributed by atoms with van der Waals surface area (Å²) >= 11 is 24.3. The van der Waals surface area contributed by atoms with Gasteiger partial charge in [0.1, 0.15) is 10.7 Å². The molecule has 132 valence electrons. The number of para-hydroxylation sites is 1. The first kappa shape index (κ1) is 18.7. The number of rotatable bonds is 4. The molecule has 0 aliphatic heterocycles. The van der Waals surface area contributed by atoms with Crippen LogP contribution in [0, 0.1) is 0 Å². The second kappa shape index (κ2) is 8.10. The number of hydrogen-bond donors (Lipinski definition) is 1. The maximum Gasteiger partial charge on any atom is 0.292 e. The van der Waals surface area contributed by atoms with Gasteiger partial charge in [-0.15, -0.1) is 0 Å². The summed E-state index contributed by atoms with van der Waals surface area (Å²) in [5.74, 6) is 0. The zero-order valence-corrected chi connectivity index (χ0v) is 16.0. The van der Waals surface area contributed by atoms with E-state index in [0.717, 1.165) is 0 Å². The number of anilines is 1. The van der Waals surface area contributed by atoms with Crippen LogP contribution >= 0.6 is 46.4 Å². The first-order valence-corrected chi connectivity index (χ1v) is 8.76.